The molecule has 144 valence electrons. The summed E-state index contributed by atoms with van der Waals surface area (Å²) in [6, 6.07) is 14.8. The predicted molar refractivity (Wildman–Crippen MR) is 105 cm³/mol. The van der Waals surface area contributed by atoms with Crippen molar-refractivity contribution in [1.29, 1.82) is 15.8 Å². The number of anilines is 1. The molecule has 8 nitrogen and oxygen atoms in total. The second kappa shape index (κ2) is 7.52. The van der Waals surface area contributed by atoms with Gasteiger partial charge in [-0.1, -0.05) is 0 Å². The summed E-state index contributed by atoms with van der Waals surface area (Å²) in [7, 11) is 0. The Kier molecular flexibility index (Phi) is 5.10. The number of hydrogen-bond donors (Lipinski definition) is 2. The zero-order chi connectivity index (χ0) is 21.2. The van der Waals surface area contributed by atoms with Crippen LogP contribution in [0.25, 0.3) is 0 Å². The average Bonchev–Trinajstić information content (AvgIpc) is 2.71. The van der Waals surface area contributed by atoms with Crippen LogP contribution < -0.4 is 15.4 Å². The van der Waals surface area contributed by atoms with E-state index in [1.165, 1.54) is 4.90 Å². The van der Waals surface area contributed by atoms with Gasteiger partial charge in [-0.05, 0) is 56.3 Å². The molecule has 0 spiro atoms. The number of nitriles is 3. The molecule has 0 fully saturated rings. The van der Waals surface area contributed by atoms with Crippen LogP contribution in [0.4, 0.5) is 5.69 Å². The van der Waals surface area contributed by atoms with E-state index < -0.39 is 17.7 Å². The minimum absolute atomic E-state index is 0.132. The van der Waals surface area contributed by atoms with Crippen molar-refractivity contribution in [3.8, 4) is 24.1 Å². The van der Waals surface area contributed by atoms with Crippen LogP contribution in [0.2, 0.25) is 0 Å². The Morgan fingerprint density at radius 1 is 1.10 bits per heavy atom. The molecule has 2 aromatic rings. The van der Waals surface area contributed by atoms with Gasteiger partial charge in [-0.15, -0.1) is 4.99 Å². The molecule has 2 atom stereocenters. The first-order valence-corrected chi connectivity index (χ1v) is 8.75. The van der Waals surface area contributed by atoms with Crippen molar-refractivity contribution in [2.75, 3.05) is 4.90 Å². The quantitative estimate of drug-likeness (QED) is 0.458. The third kappa shape index (κ3) is 3.55. The topological polar surface area (TPSA) is 142 Å². The van der Waals surface area contributed by atoms with E-state index in [0.717, 1.165) is 0 Å². The second-order valence-electron chi connectivity index (χ2n) is 7.06. The van der Waals surface area contributed by atoms with Gasteiger partial charge in [0.2, 0.25) is 12.2 Å². The van der Waals surface area contributed by atoms with Gasteiger partial charge >= 0.3 is 0 Å². The van der Waals surface area contributed by atoms with Crippen LogP contribution >= 0.6 is 0 Å². The minimum atomic E-state index is -1.08. The van der Waals surface area contributed by atoms with Crippen LogP contribution in [0, 0.1) is 34.1 Å². The molecule has 0 aliphatic carbocycles. The van der Waals surface area contributed by atoms with Gasteiger partial charge in [-0.3, -0.25) is 0 Å². The summed E-state index contributed by atoms with van der Waals surface area (Å²) in [5.41, 5.74) is 7.03. The van der Waals surface area contributed by atoms with Gasteiger partial charge < -0.3 is 20.5 Å². The van der Waals surface area contributed by atoms with Crippen molar-refractivity contribution < 1.29 is 9.84 Å². The van der Waals surface area contributed by atoms with Crippen molar-refractivity contribution in [2.24, 2.45) is 10.7 Å². The molecule has 0 saturated heterocycles. The lowest BCUT2D eigenvalue weighted by atomic mass is 9.84. The summed E-state index contributed by atoms with van der Waals surface area (Å²) < 4.78 is 5.95. The van der Waals surface area contributed by atoms with E-state index in [1.54, 1.807) is 62.5 Å². The molecule has 1 heterocycles. The van der Waals surface area contributed by atoms with Gasteiger partial charge in [0, 0.05) is 11.3 Å². The number of rotatable bonds is 2. The average molecular weight is 386 g/mol. The molecule has 0 unspecified atom stereocenters. The summed E-state index contributed by atoms with van der Waals surface area (Å²) in [5, 5.41) is 38.6. The van der Waals surface area contributed by atoms with Crippen LogP contribution in [0.1, 0.15) is 36.6 Å². The van der Waals surface area contributed by atoms with E-state index in [2.05, 4.69) is 11.1 Å². The van der Waals surface area contributed by atoms with Gasteiger partial charge in [0.25, 0.3) is 0 Å². The minimum Gasteiger partial charge on any atom is -0.485 e. The van der Waals surface area contributed by atoms with Gasteiger partial charge in [0.1, 0.15) is 17.5 Å². The van der Waals surface area contributed by atoms with Crippen molar-refractivity contribution in [2.45, 2.75) is 31.6 Å². The van der Waals surface area contributed by atoms with Crippen LogP contribution in [-0.2, 0) is 0 Å². The molecule has 3 N–H and O–H groups in total. The molecule has 8 heteroatoms. The number of guanidine groups is 1. The van der Waals surface area contributed by atoms with Crippen LogP contribution in [0.5, 0.6) is 5.75 Å². The van der Waals surface area contributed by atoms with Crippen molar-refractivity contribution in [3.63, 3.8) is 0 Å². The summed E-state index contributed by atoms with van der Waals surface area (Å²) in [6.45, 7) is 3.47. The zero-order valence-corrected chi connectivity index (χ0v) is 15.9. The number of fused-ring (bicyclic) bond motifs is 1. The maximum Gasteiger partial charge on any atom is 0.212 e. The van der Waals surface area contributed by atoms with Gasteiger partial charge in [-0.2, -0.15) is 15.8 Å². The molecule has 2 aromatic carbocycles. The number of aliphatic hydroxyl groups excluding tert-OH is 1. The standard InChI is InChI=1S/C21H18N6O2/c1-21(2)19(28)18(16-9-14(11-23)5-8-17(16)29-21)27(20(25)26-12-24)15-6-3-13(10-22)4-7-15/h3-9,18-19,28H,1-2H3,(H2,25,26)/t18-,19+/m0/s1. The monoisotopic (exact) mass is 386 g/mol. The SMILES string of the molecule is CC1(C)Oc2ccc(C#N)cc2[C@H](N(C(N)=NC#N)c2ccc(C#N)cc2)[C@H]1O. The van der Waals surface area contributed by atoms with E-state index in [1.807, 2.05) is 6.07 Å². The second-order valence-corrected chi connectivity index (χ2v) is 7.06. The predicted octanol–water partition coefficient (Wildman–Crippen LogP) is 2.31. The first-order chi connectivity index (χ1) is 13.8. The molecule has 0 radical (unpaired) electrons. The summed E-state index contributed by atoms with van der Waals surface area (Å²) in [4.78, 5) is 5.17. The number of hydrogen-bond acceptors (Lipinski definition) is 6. The largest absolute Gasteiger partial charge is 0.485 e. The number of aliphatic hydroxyl groups is 1. The van der Waals surface area contributed by atoms with Crippen molar-refractivity contribution in [1.82, 2.24) is 0 Å². The molecule has 0 amide bonds. The van der Waals surface area contributed by atoms with E-state index in [9.17, 15) is 10.4 Å². The van der Waals surface area contributed by atoms with Gasteiger partial charge in [-0.25, -0.2) is 0 Å². The van der Waals surface area contributed by atoms with Gasteiger partial charge in [0.05, 0.1) is 29.3 Å². The number of nitrogens with two attached hydrogens (primary N) is 1. The first kappa shape index (κ1) is 19.7. The molecule has 3 rings (SSSR count). The number of benzene rings is 2. The maximum atomic E-state index is 11.2. The molecule has 1 aliphatic heterocycles. The first-order valence-electron chi connectivity index (χ1n) is 8.75. The third-order valence-electron chi connectivity index (χ3n) is 4.81. The number of nitrogens with zero attached hydrogens (tertiary/aromatic N) is 5. The van der Waals surface area contributed by atoms with Crippen LogP contribution in [-0.4, -0.2) is 22.8 Å². The smallest absolute Gasteiger partial charge is 0.212 e. The maximum absolute atomic E-state index is 11.2. The fourth-order valence-corrected chi connectivity index (χ4v) is 3.35. The Morgan fingerprint density at radius 3 is 2.31 bits per heavy atom. The highest BCUT2D eigenvalue weighted by molar-refractivity contribution is 5.96. The molecule has 0 bridgehead atoms. The van der Waals surface area contributed by atoms with E-state index >= 15 is 0 Å². The Hall–Kier alpha value is -4.06. The Balaban J connectivity index is 2.25. The molecular formula is C21H18N6O2. The molecular weight excluding hydrogens is 368 g/mol. The molecule has 29 heavy (non-hydrogen) atoms. The third-order valence-corrected chi connectivity index (χ3v) is 4.81. The highest BCUT2D eigenvalue weighted by atomic mass is 16.5. The fourth-order valence-electron chi connectivity index (χ4n) is 3.35. The fraction of sp³-hybridized carbons (Fsp3) is 0.238. The molecule has 0 aromatic heterocycles. The lowest BCUT2D eigenvalue weighted by Gasteiger charge is -2.46. The molecule has 1 aliphatic rings. The lowest BCUT2D eigenvalue weighted by molar-refractivity contribution is -0.0565. The normalized spacial score (nSPS) is 19.7. The lowest BCUT2D eigenvalue weighted by Crippen LogP contribution is -2.56. The zero-order valence-electron chi connectivity index (χ0n) is 15.9. The van der Waals surface area contributed by atoms with Crippen LogP contribution in [0.15, 0.2) is 47.5 Å². The van der Waals surface area contributed by atoms with Crippen molar-refractivity contribution in [3.05, 3.63) is 59.2 Å². The van der Waals surface area contributed by atoms with E-state index in [-0.39, 0.29) is 5.96 Å². The molecule has 0 saturated carbocycles. The summed E-state index contributed by atoms with van der Waals surface area (Å²) in [5.74, 6) is 0.361. The summed E-state index contributed by atoms with van der Waals surface area (Å²) >= 11 is 0. The number of aliphatic imine (C=N–C) groups is 1. The van der Waals surface area contributed by atoms with E-state index in [0.29, 0.717) is 28.1 Å². The Bertz CT molecular complexity index is 1090. The Labute approximate surface area is 168 Å². The van der Waals surface area contributed by atoms with Crippen LogP contribution in [0.3, 0.4) is 0 Å². The highest BCUT2D eigenvalue weighted by Crippen LogP contribution is 2.44. The van der Waals surface area contributed by atoms with Crippen molar-refractivity contribution >= 4 is 11.6 Å². The number of ether oxygens (including phenoxy) is 1. The van der Waals surface area contributed by atoms with Gasteiger partial charge in [0.15, 0.2) is 0 Å². The summed E-state index contributed by atoms with van der Waals surface area (Å²) in [6.07, 6.45) is 0.588. The Morgan fingerprint density at radius 2 is 1.72 bits per heavy atom. The highest BCUT2D eigenvalue weighted by Gasteiger charge is 2.46. The van der Waals surface area contributed by atoms with E-state index in [4.69, 9.17) is 21.0 Å².